The van der Waals surface area contributed by atoms with E-state index in [4.69, 9.17) is 5.73 Å². The van der Waals surface area contributed by atoms with E-state index in [0.29, 0.717) is 0 Å². The van der Waals surface area contributed by atoms with E-state index in [1.54, 1.807) is 0 Å². The van der Waals surface area contributed by atoms with Crippen molar-refractivity contribution in [2.24, 2.45) is 11.1 Å². The van der Waals surface area contributed by atoms with E-state index in [1.165, 1.54) is 0 Å². The first-order valence-electron chi connectivity index (χ1n) is 5.13. The second-order valence-corrected chi connectivity index (χ2v) is 5.76. The van der Waals surface area contributed by atoms with Gasteiger partial charge in [0.15, 0.2) is 0 Å². The van der Waals surface area contributed by atoms with Gasteiger partial charge in [-0.3, -0.25) is 4.79 Å². The normalized spacial score (nSPS) is 13.3. The van der Waals surface area contributed by atoms with E-state index in [0.717, 1.165) is 10.2 Å². The summed E-state index contributed by atoms with van der Waals surface area (Å²) in [4.78, 5) is 11.8. The van der Waals surface area contributed by atoms with Crippen molar-refractivity contribution in [2.75, 3.05) is 5.32 Å². The maximum absolute atomic E-state index is 11.8. The maximum atomic E-state index is 11.8. The Morgan fingerprint density at radius 3 is 2.56 bits per heavy atom. The smallest absolute Gasteiger partial charge is 0.241 e. The van der Waals surface area contributed by atoms with E-state index in [-0.39, 0.29) is 11.3 Å². The van der Waals surface area contributed by atoms with Gasteiger partial charge in [0.2, 0.25) is 5.91 Å². The number of carbonyl (C=O) groups is 1. The zero-order chi connectivity index (χ0) is 12.3. The van der Waals surface area contributed by atoms with Gasteiger partial charge in [0.25, 0.3) is 0 Å². The monoisotopic (exact) mass is 284 g/mol. The number of rotatable bonds is 2. The van der Waals surface area contributed by atoms with Crippen LogP contribution in [0.5, 0.6) is 0 Å². The minimum absolute atomic E-state index is 0.161. The number of halogens is 1. The van der Waals surface area contributed by atoms with Crippen LogP contribution in [0.15, 0.2) is 28.7 Å². The molecule has 16 heavy (non-hydrogen) atoms. The van der Waals surface area contributed by atoms with Gasteiger partial charge in [-0.1, -0.05) is 42.8 Å². The Morgan fingerprint density at radius 1 is 1.44 bits per heavy atom. The van der Waals surface area contributed by atoms with Crippen molar-refractivity contribution in [3.8, 4) is 0 Å². The zero-order valence-electron chi connectivity index (χ0n) is 9.75. The van der Waals surface area contributed by atoms with Crippen LogP contribution in [0.3, 0.4) is 0 Å². The number of hydrogen-bond acceptors (Lipinski definition) is 2. The Bertz CT molecular complexity index is 385. The Kier molecular flexibility index (Phi) is 4.10. The van der Waals surface area contributed by atoms with Crippen LogP contribution in [-0.2, 0) is 4.79 Å². The summed E-state index contributed by atoms with van der Waals surface area (Å²) in [7, 11) is 0. The van der Waals surface area contributed by atoms with Crippen molar-refractivity contribution >= 4 is 27.5 Å². The lowest BCUT2D eigenvalue weighted by atomic mass is 9.87. The third-order valence-corrected chi connectivity index (χ3v) is 2.80. The Balaban J connectivity index is 2.72. The lowest BCUT2D eigenvalue weighted by Gasteiger charge is -2.25. The number of benzene rings is 1. The summed E-state index contributed by atoms with van der Waals surface area (Å²) >= 11 is 3.35. The molecule has 0 aromatic heterocycles. The summed E-state index contributed by atoms with van der Waals surface area (Å²) < 4.78 is 0.926. The van der Waals surface area contributed by atoms with Crippen LogP contribution in [0.4, 0.5) is 5.69 Å². The number of amides is 1. The van der Waals surface area contributed by atoms with Crippen LogP contribution in [0.1, 0.15) is 20.8 Å². The first-order chi connectivity index (χ1) is 7.30. The highest BCUT2D eigenvalue weighted by molar-refractivity contribution is 9.10. The molecule has 0 aliphatic heterocycles. The molecule has 3 nitrogen and oxygen atoms in total. The van der Waals surface area contributed by atoms with Crippen LogP contribution in [0.25, 0.3) is 0 Å². The van der Waals surface area contributed by atoms with Crippen molar-refractivity contribution < 1.29 is 4.79 Å². The summed E-state index contributed by atoms with van der Waals surface area (Å²) in [5.41, 5.74) is 6.37. The van der Waals surface area contributed by atoms with Gasteiger partial charge < -0.3 is 11.1 Å². The van der Waals surface area contributed by atoms with E-state index < -0.39 is 6.04 Å². The predicted molar refractivity (Wildman–Crippen MR) is 70.2 cm³/mol. The van der Waals surface area contributed by atoms with E-state index in [2.05, 4.69) is 21.2 Å². The molecular formula is C12H17BrN2O. The molecule has 0 radical (unpaired) electrons. The van der Waals surface area contributed by atoms with E-state index >= 15 is 0 Å². The summed E-state index contributed by atoms with van der Waals surface area (Å²) in [6.07, 6.45) is 0. The minimum atomic E-state index is -0.522. The standard InChI is InChI=1S/C12H17BrN2O/c1-12(2,3)10(14)11(16)15-9-6-4-5-8(13)7-9/h4-7,10H,14H2,1-3H3,(H,15,16). The number of anilines is 1. The average molecular weight is 285 g/mol. The Morgan fingerprint density at radius 2 is 2.06 bits per heavy atom. The number of nitrogens with one attached hydrogen (secondary N) is 1. The van der Waals surface area contributed by atoms with Crippen LogP contribution >= 0.6 is 15.9 Å². The van der Waals surface area contributed by atoms with E-state index in [9.17, 15) is 4.79 Å². The predicted octanol–water partition coefficient (Wildman–Crippen LogP) is 2.76. The Labute approximate surface area is 105 Å². The van der Waals surface area contributed by atoms with Crippen molar-refractivity contribution in [3.63, 3.8) is 0 Å². The summed E-state index contributed by atoms with van der Waals surface area (Å²) in [6, 6.07) is 6.92. The topological polar surface area (TPSA) is 55.1 Å². The molecule has 0 aliphatic rings. The van der Waals surface area contributed by atoms with Crippen molar-refractivity contribution in [3.05, 3.63) is 28.7 Å². The highest BCUT2D eigenvalue weighted by Crippen LogP contribution is 2.20. The molecule has 1 rings (SSSR count). The van der Waals surface area contributed by atoms with Crippen LogP contribution in [-0.4, -0.2) is 11.9 Å². The fourth-order valence-corrected chi connectivity index (χ4v) is 1.58. The van der Waals surface area contributed by atoms with Gasteiger partial charge >= 0.3 is 0 Å². The number of nitrogens with two attached hydrogens (primary N) is 1. The molecule has 0 fully saturated rings. The second-order valence-electron chi connectivity index (χ2n) is 4.84. The molecular weight excluding hydrogens is 268 g/mol. The molecule has 0 heterocycles. The summed E-state index contributed by atoms with van der Waals surface area (Å²) in [6.45, 7) is 5.83. The van der Waals surface area contributed by atoms with Crippen LogP contribution in [0, 0.1) is 5.41 Å². The van der Waals surface area contributed by atoms with Gasteiger partial charge in [0.1, 0.15) is 0 Å². The first-order valence-corrected chi connectivity index (χ1v) is 5.92. The molecule has 1 unspecified atom stereocenters. The van der Waals surface area contributed by atoms with Gasteiger partial charge in [-0.2, -0.15) is 0 Å². The molecule has 88 valence electrons. The molecule has 0 bridgehead atoms. The van der Waals surface area contributed by atoms with Gasteiger partial charge in [-0.25, -0.2) is 0 Å². The van der Waals surface area contributed by atoms with Gasteiger partial charge in [0, 0.05) is 10.2 Å². The molecule has 4 heteroatoms. The lowest BCUT2D eigenvalue weighted by Crippen LogP contribution is -2.45. The molecule has 1 atom stereocenters. The van der Waals surface area contributed by atoms with E-state index in [1.807, 2.05) is 45.0 Å². The molecule has 1 amide bonds. The summed E-state index contributed by atoms with van der Waals surface area (Å²) in [5, 5.41) is 2.80. The largest absolute Gasteiger partial charge is 0.325 e. The first kappa shape index (κ1) is 13.2. The average Bonchev–Trinajstić information content (AvgIpc) is 2.15. The lowest BCUT2D eigenvalue weighted by molar-refractivity contribution is -0.119. The molecule has 0 saturated heterocycles. The number of hydrogen-bond donors (Lipinski definition) is 2. The Hall–Kier alpha value is -0.870. The third kappa shape index (κ3) is 3.61. The molecule has 3 N–H and O–H groups in total. The SMILES string of the molecule is CC(C)(C)C(N)C(=O)Nc1cccc(Br)c1. The van der Waals surface area contributed by atoms with Crippen LogP contribution in [0.2, 0.25) is 0 Å². The van der Waals surface area contributed by atoms with Crippen LogP contribution < -0.4 is 11.1 Å². The fourth-order valence-electron chi connectivity index (χ4n) is 1.18. The zero-order valence-corrected chi connectivity index (χ0v) is 11.3. The highest BCUT2D eigenvalue weighted by Gasteiger charge is 2.27. The van der Waals surface area contributed by atoms with Gasteiger partial charge in [-0.05, 0) is 23.6 Å². The quantitative estimate of drug-likeness (QED) is 0.877. The second kappa shape index (κ2) is 4.97. The molecule has 1 aromatic rings. The molecule has 1 aromatic carbocycles. The molecule has 0 spiro atoms. The van der Waals surface area contributed by atoms with Crippen molar-refractivity contribution in [2.45, 2.75) is 26.8 Å². The van der Waals surface area contributed by atoms with Crippen molar-refractivity contribution in [1.29, 1.82) is 0 Å². The van der Waals surface area contributed by atoms with Crippen molar-refractivity contribution in [1.82, 2.24) is 0 Å². The maximum Gasteiger partial charge on any atom is 0.241 e. The molecule has 0 aliphatic carbocycles. The number of carbonyl (C=O) groups excluding carboxylic acids is 1. The highest BCUT2D eigenvalue weighted by atomic mass is 79.9. The van der Waals surface area contributed by atoms with Gasteiger partial charge in [-0.15, -0.1) is 0 Å². The minimum Gasteiger partial charge on any atom is -0.325 e. The molecule has 0 saturated carbocycles. The van der Waals surface area contributed by atoms with Gasteiger partial charge in [0.05, 0.1) is 6.04 Å². The third-order valence-electron chi connectivity index (χ3n) is 2.31. The summed E-state index contributed by atoms with van der Waals surface area (Å²) in [5.74, 6) is -0.161. The fraction of sp³-hybridized carbons (Fsp3) is 0.417.